The summed E-state index contributed by atoms with van der Waals surface area (Å²) in [5.74, 6) is -12.5. The van der Waals surface area contributed by atoms with Crippen molar-refractivity contribution in [2.24, 2.45) is 0 Å². The molecule has 0 aliphatic rings. The van der Waals surface area contributed by atoms with E-state index in [1.807, 2.05) is 0 Å². The molecule has 0 aliphatic carbocycles. The van der Waals surface area contributed by atoms with Crippen LogP contribution in [0.1, 0.15) is 6.92 Å². The summed E-state index contributed by atoms with van der Waals surface area (Å²) < 4.78 is 136. The van der Waals surface area contributed by atoms with Gasteiger partial charge in [0.05, 0.1) is 0 Å². The number of halogens is 11. The maximum atomic E-state index is 13.1. The Kier molecular flexibility index (Phi) is 4.77. The molecule has 0 bridgehead atoms. The maximum Gasteiger partial charge on any atom is 0.462 e. The summed E-state index contributed by atoms with van der Waals surface area (Å²) in [6.45, 7) is 0.670. The fraction of sp³-hybridized carbons (Fsp3) is 0.750. The molecule has 1 atom stereocenters. The molecule has 0 rings (SSSR count). The molecule has 0 N–H and O–H groups in total. The lowest BCUT2D eigenvalue weighted by atomic mass is 10.2. The van der Waals surface area contributed by atoms with Gasteiger partial charge in [-0.05, 0) is 13.0 Å². The van der Waals surface area contributed by atoms with E-state index in [2.05, 4.69) is 4.74 Å². The summed E-state index contributed by atoms with van der Waals surface area (Å²) in [6.07, 6.45) is -20.7. The number of alkyl halides is 11. The Morgan fingerprint density at radius 2 is 1.10 bits per heavy atom. The second kappa shape index (κ2) is 5.04. The van der Waals surface area contributed by atoms with Crippen LogP contribution >= 0.6 is 0 Å². The SMILES string of the molecule is C/C=C/[C@@](F)(OC(F)(F)C(F)(F)C(F)(F)F)C(F)(F)F. The minimum atomic E-state index is -7.02. The number of allylic oxidation sites excluding steroid dienone is 1. The first-order chi connectivity index (χ1) is 8.52. The summed E-state index contributed by atoms with van der Waals surface area (Å²) in [4.78, 5) is 0. The summed E-state index contributed by atoms with van der Waals surface area (Å²) in [7, 11) is 0. The third-order valence-electron chi connectivity index (χ3n) is 1.77. The van der Waals surface area contributed by atoms with Crippen LogP contribution in [0.25, 0.3) is 0 Å². The van der Waals surface area contributed by atoms with Crippen LogP contribution in [0.15, 0.2) is 12.2 Å². The van der Waals surface area contributed by atoms with Gasteiger partial charge in [0.1, 0.15) is 0 Å². The van der Waals surface area contributed by atoms with E-state index in [1.54, 1.807) is 0 Å². The molecule has 0 saturated heterocycles. The van der Waals surface area contributed by atoms with E-state index in [1.165, 1.54) is 0 Å². The minimum Gasteiger partial charge on any atom is -0.266 e. The van der Waals surface area contributed by atoms with Crippen molar-refractivity contribution in [3.63, 3.8) is 0 Å². The average Bonchev–Trinajstić information content (AvgIpc) is 2.12. The zero-order chi connectivity index (χ0) is 16.6. The molecule has 0 spiro atoms. The standard InChI is InChI=1S/C8H5F11O/c1-2-3-4(9,6(12,13)14)20-8(18,19)5(10,11)7(15,16)17/h2-3H,1H3/b3-2+/t4-/m1/s1. The van der Waals surface area contributed by atoms with Crippen molar-refractivity contribution < 1.29 is 53.0 Å². The molecule has 0 unspecified atom stereocenters. The molecule has 20 heavy (non-hydrogen) atoms. The van der Waals surface area contributed by atoms with Crippen LogP contribution in [-0.4, -0.2) is 30.2 Å². The molecule has 0 aromatic heterocycles. The van der Waals surface area contributed by atoms with Crippen LogP contribution in [0.4, 0.5) is 48.3 Å². The van der Waals surface area contributed by atoms with Crippen molar-refractivity contribution in [2.75, 3.05) is 0 Å². The van der Waals surface area contributed by atoms with Crippen LogP contribution in [0.5, 0.6) is 0 Å². The Morgan fingerprint density at radius 3 is 1.35 bits per heavy atom. The van der Waals surface area contributed by atoms with E-state index in [0.29, 0.717) is 6.92 Å². The predicted octanol–water partition coefficient (Wildman–Crippen LogP) is 4.60. The molecular weight excluding hydrogens is 321 g/mol. The summed E-state index contributed by atoms with van der Waals surface area (Å²) >= 11 is 0. The first-order valence-corrected chi connectivity index (χ1v) is 4.44. The van der Waals surface area contributed by atoms with E-state index >= 15 is 0 Å². The molecule has 0 aromatic rings. The molecule has 0 saturated carbocycles. The van der Waals surface area contributed by atoms with Crippen molar-refractivity contribution in [1.82, 2.24) is 0 Å². The molecule has 0 heterocycles. The van der Waals surface area contributed by atoms with Crippen LogP contribution in [-0.2, 0) is 4.74 Å². The normalized spacial score (nSPS) is 18.4. The van der Waals surface area contributed by atoms with Crippen LogP contribution in [0.3, 0.4) is 0 Å². The molecule has 12 heteroatoms. The van der Waals surface area contributed by atoms with Gasteiger partial charge in [0, 0.05) is 0 Å². The quantitative estimate of drug-likeness (QED) is 0.542. The molecule has 0 radical (unpaired) electrons. The number of rotatable bonds is 4. The molecule has 120 valence electrons. The highest BCUT2D eigenvalue weighted by molar-refractivity contribution is 5.01. The lowest BCUT2D eigenvalue weighted by Gasteiger charge is -2.33. The Hall–Kier alpha value is -1.07. The smallest absolute Gasteiger partial charge is 0.266 e. The van der Waals surface area contributed by atoms with Crippen LogP contribution in [0.2, 0.25) is 0 Å². The van der Waals surface area contributed by atoms with E-state index < -0.39 is 36.3 Å². The summed E-state index contributed by atoms with van der Waals surface area (Å²) in [5, 5.41) is 0. The van der Waals surface area contributed by atoms with Gasteiger partial charge in [-0.3, -0.25) is 4.74 Å². The van der Waals surface area contributed by atoms with Gasteiger partial charge in [-0.1, -0.05) is 6.08 Å². The maximum absolute atomic E-state index is 13.1. The van der Waals surface area contributed by atoms with Crippen molar-refractivity contribution >= 4 is 0 Å². The van der Waals surface area contributed by atoms with Gasteiger partial charge in [-0.2, -0.15) is 48.3 Å². The molecular formula is C8H5F11O. The van der Waals surface area contributed by atoms with Crippen molar-refractivity contribution in [2.45, 2.75) is 37.2 Å². The predicted molar refractivity (Wildman–Crippen MR) is 41.7 cm³/mol. The highest BCUT2D eigenvalue weighted by Gasteiger charge is 2.77. The third-order valence-corrected chi connectivity index (χ3v) is 1.77. The molecule has 0 aliphatic heterocycles. The first kappa shape index (κ1) is 18.9. The first-order valence-electron chi connectivity index (χ1n) is 4.44. The zero-order valence-corrected chi connectivity index (χ0v) is 9.22. The molecule has 0 fully saturated rings. The van der Waals surface area contributed by atoms with Gasteiger partial charge >= 0.3 is 30.2 Å². The Morgan fingerprint density at radius 1 is 0.700 bits per heavy atom. The van der Waals surface area contributed by atoms with Gasteiger partial charge < -0.3 is 0 Å². The van der Waals surface area contributed by atoms with Crippen LogP contribution < -0.4 is 0 Å². The Balaban J connectivity index is 5.66. The van der Waals surface area contributed by atoms with Crippen molar-refractivity contribution in [3.8, 4) is 0 Å². The van der Waals surface area contributed by atoms with E-state index in [-0.39, 0.29) is 6.08 Å². The van der Waals surface area contributed by atoms with Crippen molar-refractivity contribution in [1.29, 1.82) is 0 Å². The second-order valence-electron chi connectivity index (χ2n) is 3.33. The van der Waals surface area contributed by atoms with Gasteiger partial charge in [-0.25, -0.2) is 0 Å². The van der Waals surface area contributed by atoms with Crippen LogP contribution in [0, 0.1) is 0 Å². The fourth-order valence-electron chi connectivity index (χ4n) is 0.816. The van der Waals surface area contributed by atoms with Gasteiger partial charge in [0.25, 0.3) is 0 Å². The topological polar surface area (TPSA) is 9.23 Å². The monoisotopic (exact) mass is 326 g/mol. The van der Waals surface area contributed by atoms with E-state index in [0.717, 1.165) is 0 Å². The number of ether oxygens (including phenoxy) is 1. The lowest BCUT2D eigenvalue weighted by Crippen LogP contribution is -2.58. The van der Waals surface area contributed by atoms with Gasteiger partial charge in [-0.15, -0.1) is 0 Å². The lowest BCUT2D eigenvalue weighted by molar-refractivity contribution is -0.473. The average molecular weight is 326 g/mol. The molecule has 1 nitrogen and oxygen atoms in total. The Bertz CT molecular complexity index is 366. The zero-order valence-electron chi connectivity index (χ0n) is 9.22. The van der Waals surface area contributed by atoms with E-state index in [4.69, 9.17) is 0 Å². The van der Waals surface area contributed by atoms with Gasteiger partial charge in [0.2, 0.25) is 0 Å². The highest BCUT2D eigenvalue weighted by atomic mass is 19.4. The minimum absolute atomic E-state index is 0.148. The molecule has 0 amide bonds. The van der Waals surface area contributed by atoms with Crippen molar-refractivity contribution in [3.05, 3.63) is 12.2 Å². The number of hydrogen-bond donors (Lipinski definition) is 0. The molecule has 0 aromatic carbocycles. The van der Waals surface area contributed by atoms with Gasteiger partial charge in [0.15, 0.2) is 0 Å². The highest BCUT2D eigenvalue weighted by Crippen LogP contribution is 2.51. The third kappa shape index (κ3) is 3.33. The number of hydrogen-bond acceptors (Lipinski definition) is 1. The summed E-state index contributed by atoms with van der Waals surface area (Å²) in [5.41, 5.74) is 0. The second-order valence-corrected chi connectivity index (χ2v) is 3.33. The largest absolute Gasteiger partial charge is 0.462 e. The summed E-state index contributed by atoms with van der Waals surface area (Å²) in [6, 6.07) is 0. The van der Waals surface area contributed by atoms with E-state index in [9.17, 15) is 48.3 Å². The fourth-order valence-corrected chi connectivity index (χ4v) is 0.816. The Labute approximate surface area is 104 Å².